The lowest BCUT2D eigenvalue weighted by Crippen LogP contribution is -2.06. The normalized spacial score (nSPS) is 13.0. The lowest BCUT2D eigenvalue weighted by atomic mass is 10.0. The SMILES string of the molecule is CC.Cn1ncc(Br)c1-c1cc(OC(F)F)cc(OC2CC2)c1C#N. The maximum Gasteiger partial charge on any atom is 0.387 e. The number of halogens is 3. The highest BCUT2D eigenvalue weighted by Crippen LogP contribution is 2.40. The Kier molecular flexibility index (Phi) is 6.37. The van der Waals surface area contributed by atoms with Crippen LogP contribution >= 0.6 is 15.9 Å². The molecule has 1 aliphatic rings. The van der Waals surface area contributed by atoms with Gasteiger partial charge in [-0.05, 0) is 34.8 Å². The van der Waals surface area contributed by atoms with Gasteiger partial charge < -0.3 is 9.47 Å². The summed E-state index contributed by atoms with van der Waals surface area (Å²) in [7, 11) is 1.70. The van der Waals surface area contributed by atoms with E-state index in [2.05, 4.69) is 31.8 Å². The van der Waals surface area contributed by atoms with Gasteiger partial charge in [-0.2, -0.15) is 19.1 Å². The van der Waals surface area contributed by atoms with Gasteiger partial charge in [-0.15, -0.1) is 0 Å². The Bertz CT molecular complexity index is 763. The van der Waals surface area contributed by atoms with Crippen LogP contribution < -0.4 is 9.47 Å². The topological polar surface area (TPSA) is 60.1 Å². The largest absolute Gasteiger partial charge is 0.489 e. The maximum atomic E-state index is 12.6. The predicted molar refractivity (Wildman–Crippen MR) is 92.7 cm³/mol. The Labute approximate surface area is 153 Å². The van der Waals surface area contributed by atoms with Gasteiger partial charge in [0.25, 0.3) is 0 Å². The van der Waals surface area contributed by atoms with Crippen molar-refractivity contribution >= 4 is 15.9 Å². The number of benzene rings is 1. The van der Waals surface area contributed by atoms with E-state index in [4.69, 9.17) is 4.74 Å². The van der Waals surface area contributed by atoms with Crippen LogP contribution in [0.25, 0.3) is 11.3 Å². The second kappa shape index (κ2) is 8.30. The molecule has 1 aromatic carbocycles. The minimum atomic E-state index is -2.96. The van der Waals surface area contributed by atoms with Crippen molar-refractivity contribution in [1.29, 1.82) is 5.26 Å². The summed E-state index contributed by atoms with van der Waals surface area (Å²) in [5.41, 5.74) is 1.28. The summed E-state index contributed by atoms with van der Waals surface area (Å²) < 4.78 is 37.6. The average molecular weight is 414 g/mol. The number of aryl methyl sites for hydroxylation is 1. The van der Waals surface area contributed by atoms with Crippen molar-refractivity contribution in [2.45, 2.75) is 39.4 Å². The van der Waals surface area contributed by atoms with Crippen LogP contribution in [0.1, 0.15) is 32.3 Å². The van der Waals surface area contributed by atoms with E-state index in [0.29, 0.717) is 15.7 Å². The molecule has 1 aromatic heterocycles. The van der Waals surface area contributed by atoms with E-state index in [1.165, 1.54) is 12.1 Å². The van der Waals surface area contributed by atoms with Gasteiger partial charge in [0.15, 0.2) is 0 Å². The van der Waals surface area contributed by atoms with Crippen molar-refractivity contribution < 1.29 is 18.3 Å². The molecule has 0 atom stereocenters. The van der Waals surface area contributed by atoms with Crippen LogP contribution in [-0.2, 0) is 7.05 Å². The molecule has 2 aromatic rings. The highest BCUT2D eigenvalue weighted by Gasteiger charge is 2.27. The van der Waals surface area contributed by atoms with E-state index >= 15 is 0 Å². The minimum absolute atomic E-state index is 0.0201. The molecule has 1 saturated carbocycles. The van der Waals surface area contributed by atoms with E-state index < -0.39 is 6.61 Å². The van der Waals surface area contributed by atoms with Gasteiger partial charge in [-0.25, -0.2) is 0 Å². The number of hydrogen-bond acceptors (Lipinski definition) is 4. The molecule has 8 heteroatoms. The second-order valence-corrected chi connectivity index (χ2v) is 5.97. The summed E-state index contributed by atoms with van der Waals surface area (Å²) in [6.07, 6.45) is 3.36. The first-order valence-electron chi connectivity index (χ1n) is 7.87. The van der Waals surface area contributed by atoms with Crippen molar-refractivity contribution in [3.05, 3.63) is 28.4 Å². The zero-order valence-corrected chi connectivity index (χ0v) is 15.7. The lowest BCUT2D eigenvalue weighted by molar-refractivity contribution is -0.0499. The van der Waals surface area contributed by atoms with Crippen LogP contribution in [0.2, 0.25) is 0 Å². The Balaban J connectivity index is 0.00000109. The molecule has 0 amide bonds. The molecule has 0 radical (unpaired) electrons. The van der Waals surface area contributed by atoms with Crippen LogP contribution in [0.5, 0.6) is 11.5 Å². The van der Waals surface area contributed by atoms with Gasteiger partial charge in [-0.1, -0.05) is 13.8 Å². The summed E-state index contributed by atoms with van der Waals surface area (Å²) >= 11 is 3.36. The maximum absolute atomic E-state index is 12.6. The fraction of sp³-hybridized carbons (Fsp3) is 0.412. The molecular formula is C17H18BrF2N3O2. The minimum Gasteiger partial charge on any atom is -0.489 e. The first-order valence-corrected chi connectivity index (χ1v) is 8.66. The van der Waals surface area contributed by atoms with Gasteiger partial charge in [0.1, 0.15) is 23.1 Å². The first kappa shape index (κ1) is 19.2. The number of aromatic nitrogens is 2. The van der Waals surface area contributed by atoms with Gasteiger partial charge >= 0.3 is 6.61 Å². The lowest BCUT2D eigenvalue weighted by Gasteiger charge is -2.14. The molecule has 1 aliphatic carbocycles. The van der Waals surface area contributed by atoms with Crippen LogP contribution in [0, 0.1) is 11.3 Å². The summed E-state index contributed by atoms with van der Waals surface area (Å²) in [4.78, 5) is 0. The molecule has 0 aliphatic heterocycles. The third kappa shape index (κ3) is 4.48. The van der Waals surface area contributed by atoms with Gasteiger partial charge in [0.2, 0.25) is 0 Å². The molecule has 3 rings (SSSR count). The Morgan fingerprint density at radius 3 is 2.52 bits per heavy atom. The van der Waals surface area contributed by atoms with Crippen molar-refractivity contribution in [2.24, 2.45) is 7.05 Å². The molecule has 0 saturated heterocycles. The zero-order valence-electron chi connectivity index (χ0n) is 14.1. The molecule has 25 heavy (non-hydrogen) atoms. The van der Waals surface area contributed by atoms with Crippen LogP contribution in [0.3, 0.4) is 0 Å². The van der Waals surface area contributed by atoms with Crippen molar-refractivity contribution in [2.75, 3.05) is 0 Å². The van der Waals surface area contributed by atoms with E-state index in [0.717, 1.165) is 12.8 Å². The van der Waals surface area contributed by atoms with Crippen molar-refractivity contribution in [1.82, 2.24) is 9.78 Å². The monoisotopic (exact) mass is 413 g/mol. The number of hydrogen-bond donors (Lipinski definition) is 0. The highest BCUT2D eigenvalue weighted by atomic mass is 79.9. The van der Waals surface area contributed by atoms with Crippen LogP contribution in [0.15, 0.2) is 22.8 Å². The highest BCUT2D eigenvalue weighted by molar-refractivity contribution is 9.10. The summed E-state index contributed by atoms with van der Waals surface area (Å²) in [5, 5.41) is 13.6. The van der Waals surface area contributed by atoms with E-state index in [9.17, 15) is 14.0 Å². The van der Waals surface area contributed by atoms with Crippen molar-refractivity contribution in [3.8, 4) is 28.8 Å². The molecule has 1 heterocycles. The summed E-state index contributed by atoms with van der Waals surface area (Å²) in [5.74, 6) is 0.189. The summed E-state index contributed by atoms with van der Waals surface area (Å²) in [6.45, 7) is 1.04. The number of nitriles is 1. The number of nitrogens with zero attached hydrogens (tertiary/aromatic N) is 3. The van der Waals surface area contributed by atoms with E-state index in [1.54, 1.807) is 17.9 Å². The van der Waals surface area contributed by atoms with Gasteiger partial charge in [0, 0.05) is 18.7 Å². The predicted octanol–water partition coefficient (Wildman–Crippen LogP) is 4.89. The Hall–Kier alpha value is -2.14. The molecule has 0 spiro atoms. The molecule has 0 bridgehead atoms. The quantitative estimate of drug-likeness (QED) is 0.699. The second-order valence-electron chi connectivity index (χ2n) is 5.12. The van der Waals surface area contributed by atoms with Crippen LogP contribution in [0.4, 0.5) is 8.78 Å². The first-order chi connectivity index (χ1) is 12.0. The van der Waals surface area contributed by atoms with Crippen molar-refractivity contribution in [3.63, 3.8) is 0 Å². The Morgan fingerprint density at radius 2 is 2.04 bits per heavy atom. The van der Waals surface area contributed by atoms with E-state index in [-0.39, 0.29) is 23.2 Å². The third-order valence-corrected chi connectivity index (χ3v) is 3.96. The average Bonchev–Trinajstić information content (AvgIpc) is 3.32. The summed E-state index contributed by atoms with van der Waals surface area (Å²) in [6, 6.07) is 4.82. The number of ether oxygens (including phenoxy) is 2. The van der Waals surface area contributed by atoms with Gasteiger partial charge in [-0.3, -0.25) is 4.68 Å². The molecular weight excluding hydrogens is 396 g/mol. The smallest absolute Gasteiger partial charge is 0.387 e. The number of rotatable bonds is 5. The van der Waals surface area contributed by atoms with E-state index in [1.807, 2.05) is 13.8 Å². The molecule has 1 fully saturated rings. The van der Waals surface area contributed by atoms with Gasteiger partial charge in [0.05, 0.1) is 22.5 Å². The zero-order chi connectivity index (χ0) is 18.6. The molecule has 0 N–H and O–H groups in total. The standard InChI is InChI=1S/C15H12BrF2N3O2.C2H6/c1-21-14(12(16)7-20-21)10-4-9(23-15(17)18)5-13(11(10)6-19)22-8-2-3-8;1-2/h4-5,7-8,15H,2-3H2,1H3;1-2H3. The molecule has 5 nitrogen and oxygen atoms in total. The third-order valence-electron chi connectivity index (χ3n) is 3.38. The molecule has 0 unspecified atom stereocenters. The fourth-order valence-electron chi connectivity index (χ4n) is 2.24. The Morgan fingerprint density at radius 1 is 1.36 bits per heavy atom. The van der Waals surface area contributed by atoms with Crippen LogP contribution in [-0.4, -0.2) is 22.5 Å². The fourth-order valence-corrected chi connectivity index (χ4v) is 2.80. The number of alkyl halides is 2. The molecule has 134 valence electrons.